The van der Waals surface area contributed by atoms with Crippen molar-refractivity contribution in [2.75, 3.05) is 46.3 Å². The number of nitrogens with one attached hydrogen (secondary N) is 3. The van der Waals surface area contributed by atoms with E-state index in [2.05, 4.69) is 10.6 Å². The van der Waals surface area contributed by atoms with E-state index in [-0.39, 0.29) is 77.3 Å². The van der Waals surface area contributed by atoms with E-state index in [4.69, 9.17) is 11.1 Å². The number of β-lactam (4-membered cyclic amide) rings is 1. The lowest BCUT2D eigenvalue weighted by Gasteiger charge is -2.47. The summed E-state index contributed by atoms with van der Waals surface area (Å²) >= 11 is 1.46. The van der Waals surface area contributed by atoms with Crippen molar-refractivity contribution < 1.29 is 24.3 Å². The van der Waals surface area contributed by atoms with Gasteiger partial charge in [0.05, 0.1) is 24.5 Å². The molecule has 0 aliphatic carbocycles. The molecule has 37 heavy (non-hydrogen) atoms. The molecule has 6 N–H and O–H groups in total. The Morgan fingerprint density at radius 2 is 1.89 bits per heavy atom. The van der Waals surface area contributed by atoms with Crippen LogP contribution >= 0.6 is 11.8 Å². The molecule has 0 aromatic carbocycles. The largest absolute Gasteiger partial charge is 0.477 e. The molecule has 0 aromatic rings. The first-order chi connectivity index (χ1) is 17.5. The molecular formula is C24H37N7O5S. The minimum Gasteiger partial charge on any atom is -0.477 e. The highest BCUT2D eigenvalue weighted by atomic mass is 32.2. The first-order valence-electron chi connectivity index (χ1n) is 12.8. The summed E-state index contributed by atoms with van der Waals surface area (Å²) in [5.41, 5.74) is 5.59. The summed E-state index contributed by atoms with van der Waals surface area (Å²) < 4.78 is 0. The lowest BCUT2D eigenvalue weighted by Crippen LogP contribution is -2.62. The van der Waals surface area contributed by atoms with Crippen LogP contribution in [0.15, 0.2) is 10.6 Å². The third kappa shape index (κ3) is 5.21. The third-order valence-corrected chi connectivity index (χ3v) is 9.45. The van der Waals surface area contributed by atoms with Crippen molar-refractivity contribution in [2.45, 2.75) is 44.0 Å². The fourth-order valence-electron chi connectivity index (χ4n) is 6.07. The van der Waals surface area contributed by atoms with E-state index >= 15 is 0 Å². The number of carbonyl (C=O) groups excluding carboxylic acids is 3. The van der Waals surface area contributed by atoms with Gasteiger partial charge in [-0.1, -0.05) is 13.8 Å². The minimum absolute atomic E-state index is 0.00106. The Balaban J connectivity index is 1.39. The second kappa shape index (κ2) is 11.0. The van der Waals surface area contributed by atoms with E-state index in [1.807, 2.05) is 13.8 Å². The maximum atomic E-state index is 13.1. The van der Waals surface area contributed by atoms with Gasteiger partial charge in [0.1, 0.15) is 11.5 Å². The molecule has 0 unspecified atom stereocenters. The highest BCUT2D eigenvalue weighted by Gasteiger charge is 2.60. The second-order valence-electron chi connectivity index (χ2n) is 10.4. The van der Waals surface area contributed by atoms with Gasteiger partial charge in [0.2, 0.25) is 11.8 Å². The zero-order valence-corrected chi connectivity index (χ0v) is 22.3. The number of carboxylic acid groups (broad SMARTS) is 1. The van der Waals surface area contributed by atoms with Crippen molar-refractivity contribution in [3.05, 3.63) is 10.6 Å². The van der Waals surface area contributed by atoms with Crippen LogP contribution in [0, 0.1) is 23.2 Å². The van der Waals surface area contributed by atoms with Crippen molar-refractivity contribution in [3.8, 4) is 0 Å². The van der Waals surface area contributed by atoms with Crippen LogP contribution < -0.4 is 16.4 Å². The van der Waals surface area contributed by atoms with Gasteiger partial charge in [-0.2, -0.15) is 0 Å². The number of Topliss-reactive ketones (excluding diaryl/α,β-unsaturated/α-hetero) is 1. The number of guanidine groups is 1. The SMILES string of the molecule is CNCC(=O)C[C@H](C)[C@H]1C(=O)N2C(C(=O)O)=C(S[C@@H]3CN[C@H](C(=O)N4CCN(C(=N)N)CC4)C3)[C@H](C)[C@H]12. The fourth-order valence-corrected chi connectivity index (χ4v) is 7.55. The van der Waals surface area contributed by atoms with Crippen LogP contribution in [-0.4, -0.2) is 113 Å². The molecule has 2 amide bonds. The molecule has 3 saturated heterocycles. The number of piperazine rings is 1. The zero-order chi connectivity index (χ0) is 27.0. The predicted octanol–water partition coefficient (Wildman–Crippen LogP) is -0.925. The number of likely N-dealkylation sites (N-methyl/N-ethyl adjacent to an activating group) is 1. The lowest BCUT2D eigenvalue weighted by atomic mass is 9.73. The van der Waals surface area contributed by atoms with E-state index in [1.165, 1.54) is 16.7 Å². The van der Waals surface area contributed by atoms with E-state index in [0.29, 0.717) is 44.0 Å². The van der Waals surface area contributed by atoms with Gasteiger partial charge in [0, 0.05) is 55.2 Å². The number of carbonyl (C=O) groups is 4. The van der Waals surface area contributed by atoms with E-state index in [0.717, 1.165) is 0 Å². The Hall–Kier alpha value is -2.64. The number of aliphatic carboxylic acids is 1. The number of nitrogens with zero attached hydrogens (tertiary/aromatic N) is 3. The number of nitrogens with two attached hydrogens (primary N) is 1. The predicted molar refractivity (Wildman–Crippen MR) is 139 cm³/mol. The Kier molecular flexibility index (Phi) is 8.14. The van der Waals surface area contributed by atoms with Crippen LogP contribution in [0.3, 0.4) is 0 Å². The van der Waals surface area contributed by atoms with Crippen LogP contribution in [0.5, 0.6) is 0 Å². The first-order valence-corrected chi connectivity index (χ1v) is 13.7. The topological polar surface area (TPSA) is 172 Å². The van der Waals surface area contributed by atoms with E-state index in [1.54, 1.807) is 16.8 Å². The average Bonchev–Trinajstić information content (AvgIpc) is 3.40. The number of amides is 2. The Bertz CT molecular complexity index is 1010. The summed E-state index contributed by atoms with van der Waals surface area (Å²) in [6.45, 7) is 6.73. The quantitative estimate of drug-likeness (QED) is 0.141. The molecule has 0 saturated carbocycles. The molecule has 0 radical (unpaired) electrons. The molecule has 13 heteroatoms. The molecule has 4 heterocycles. The standard InChI is InChI=1S/C24H37N7O5S/c1-12(8-14(32)10-27-3)17-18-13(2)20(19(23(35)36)31(18)22(17)34)37-15-9-16(28-11-15)21(33)29-4-6-30(7-5-29)24(25)26/h12-13,15-18,27-28H,4-11H2,1-3H3,(H3,25,26)(H,35,36)/t12-,13+,15-,16-,17+,18+/m0/s1. The van der Waals surface area contributed by atoms with Gasteiger partial charge >= 0.3 is 5.97 Å². The van der Waals surface area contributed by atoms with Gasteiger partial charge in [-0.25, -0.2) is 4.79 Å². The van der Waals surface area contributed by atoms with Crippen LogP contribution in [-0.2, 0) is 19.2 Å². The molecule has 4 aliphatic heterocycles. The van der Waals surface area contributed by atoms with Gasteiger partial charge in [0.15, 0.2) is 5.96 Å². The van der Waals surface area contributed by atoms with Crippen molar-refractivity contribution in [1.29, 1.82) is 5.41 Å². The van der Waals surface area contributed by atoms with Gasteiger partial charge < -0.3 is 36.2 Å². The normalized spacial score (nSPS) is 30.3. The van der Waals surface area contributed by atoms with Crippen LogP contribution in [0.2, 0.25) is 0 Å². The summed E-state index contributed by atoms with van der Waals surface area (Å²) in [6, 6.07) is -0.612. The molecule has 3 fully saturated rings. The molecule has 4 aliphatic rings. The molecule has 204 valence electrons. The molecule has 4 rings (SSSR count). The van der Waals surface area contributed by atoms with Crippen LogP contribution in [0.1, 0.15) is 26.7 Å². The van der Waals surface area contributed by atoms with Crippen molar-refractivity contribution in [2.24, 2.45) is 23.5 Å². The highest BCUT2D eigenvalue weighted by molar-refractivity contribution is 8.03. The number of fused-ring (bicyclic) bond motifs is 1. The van der Waals surface area contributed by atoms with Gasteiger partial charge in [-0.3, -0.25) is 19.8 Å². The minimum atomic E-state index is -1.12. The molecular weight excluding hydrogens is 498 g/mol. The van der Waals surface area contributed by atoms with Gasteiger partial charge in [-0.15, -0.1) is 11.8 Å². The summed E-state index contributed by atoms with van der Waals surface area (Å²) in [5.74, 6) is -2.00. The Morgan fingerprint density at radius 3 is 2.49 bits per heavy atom. The number of ketones is 1. The van der Waals surface area contributed by atoms with Gasteiger partial charge in [0.25, 0.3) is 0 Å². The highest BCUT2D eigenvalue weighted by Crippen LogP contribution is 2.53. The monoisotopic (exact) mass is 535 g/mol. The third-order valence-electron chi connectivity index (χ3n) is 7.94. The Morgan fingerprint density at radius 1 is 1.24 bits per heavy atom. The molecule has 12 nitrogen and oxygen atoms in total. The number of carboxylic acids is 1. The van der Waals surface area contributed by atoms with E-state index < -0.39 is 5.97 Å². The summed E-state index contributed by atoms with van der Waals surface area (Å²) in [6.07, 6.45) is 0.840. The lowest BCUT2D eigenvalue weighted by molar-refractivity contribution is -0.160. The number of rotatable bonds is 9. The first kappa shape index (κ1) is 27.4. The number of thioether (sulfide) groups is 1. The maximum absolute atomic E-state index is 13.1. The van der Waals surface area contributed by atoms with Crippen molar-refractivity contribution in [1.82, 2.24) is 25.3 Å². The number of hydrogen-bond acceptors (Lipinski definition) is 8. The Labute approximate surface area is 220 Å². The summed E-state index contributed by atoms with van der Waals surface area (Å²) in [5, 5.41) is 23.7. The maximum Gasteiger partial charge on any atom is 0.353 e. The molecule has 6 atom stereocenters. The summed E-state index contributed by atoms with van der Waals surface area (Å²) in [4.78, 5) is 56.1. The van der Waals surface area contributed by atoms with Crippen LogP contribution in [0.4, 0.5) is 0 Å². The molecule has 0 bridgehead atoms. The zero-order valence-electron chi connectivity index (χ0n) is 21.5. The fraction of sp³-hybridized carbons (Fsp3) is 0.708. The van der Waals surface area contributed by atoms with Gasteiger partial charge in [-0.05, 0) is 19.4 Å². The molecule has 0 aromatic heterocycles. The second-order valence-corrected chi connectivity index (χ2v) is 11.8. The van der Waals surface area contributed by atoms with Crippen molar-refractivity contribution >= 4 is 41.3 Å². The average molecular weight is 536 g/mol. The molecule has 0 spiro atoms. The van der Waals surface area contributed by atoms with Crippen LogP contribution in [0.25, 0.3) is 0 Å². The van der Waals surface area contributed by atoms with E-state index in [9.17, 15) is 24.3 Å². The number of hydrogen-bond donors (Lipinski definition) is 5. The summed E-state index contributed by atoms with van der Waals surface area (Å²) in [7, 11) is 1.70. The van der Waals surface area contributed by atoms with Crippen molar-refractivity contribution in [3.63, 3.8) is 0 Å². The smallest absolute Gasteiger partial charge is 0.353 e.